The topological polar surface area (TPSA) is 80.5 Å². The van der Waals surface area contributed by atoms with Crippen LogP contribution in [0.15, 0.2) is 10.7 Å². The van der Waals surface area contributed by atoms with Crippen LogP contribution in [0, 0.1) is 17.0 Å². The summed E-state index contributed by atoms with van der Waals surface area (Å²) in [7, 11) is 3.98. The number of aromatic nitrogens is 1. The molecule has 1 aromatic rings. The maximum atomic E-state index is 10.8. The summed E-state index contributed by atoms with van der Waals surface area (Å²) in [4.78, 5) is 16.4. The summed E-state index contributed by atoms with van der Waals surface area (Å²) in [6, 6.07) is 0. The van der Waals surface area contributed by atoms with Gasteiger partial charge < -0.3 is 15.0 Å². The normalized spacial score (nSPS) is 10.8. The largest absolute Gasteiger partial charge is 0.378 e. The van der Waals surface area contributed by atoms with E-state index in [1.165, 1.54) is 6.20 Å². The van der Waals surface area contributed by atoms with Gasteiger partial charge in [0.1, 0.15) is 12.0 Å². The number of nitrogens with one attached hydrogen (secondary N) is 1. The van der Waals surface area contributed by atoms with E-state index in [2.05, 4.69) is 26.2 Å². The van der Waals surface area contributed by atoms with Crippen LogP contribution in [0.3, 0.4) is 0 Å². The number of hydrogen-bond acceptors (Lipinski definition) is 6. The Balaban J connectivity index is 2.45. The van der Waals surface area contributed by atoms with Crippen LogP contribution in [0.4, 0.5) is 11.5 Å². The van der Waals surface area contributed by atoms with Crippen LogP contribution >= 0.6 is 15.9 Å². The van der Waals surface area contributed by atoms with E-state index in [4.69, 9.17) is 4.74 Å². The predicted molar refractivity (Wildman–Crippen MR) is 81.2 cm³/mol. The van der Waals surface area contributed by atoms with Gasteiger partial charge in [0, 0.05) is 18.7 Å². The predicted octanol–water partition coefficient (Wildman–Crippen LogP) is 2.05. The van der Waals surface area contributed by atoms with Crippen LogP contribution < -0.4 is 5.32 Å². The van der Waals surface area contributed by atoms with Crippen molar-refractivity contribution in [3.8, 4) is 0 Å². The lowest BCUT2D eigenvalue weighted by Gasteiger charge is -2.11. The molecule has 20 heavy (non-hydrogen) atoms. The molecule has 1 aromatic heterocycles. The first-order chi connectivity index (χ1) is 9.43. The van der Waals surface area contributed by atoms with E-state index >= 15 is 0 Å². The van der Waals surface area contributed by atoms with Gasteiger partial charge in [-0.3, -0.25) is 10.1 Å². The quantitative estimate of drug-likeness (QED) is 0.440. The summed E-state index contributed by atoms with van der Waals surface area (Å²) in [6.07, 6.45) is 1.26. The van der Waals surface area contributed by atoms with Crippen molar-refractivity contribution < 1.29 is 9.66 Å². The molecule has 0 saturated carbocycles. The lowest BCUT2D eigenvalue weighted by molar-refractivity contribution is -0.385. The Labute approximate surface area is 126 Å². The van der Waals surface area contributed by atoms with E-state index in [0.29, 0.717) is 35.6 Å². The Kier molecular flexibility index (Phi) is 6.83. The lowest BCUT2D eigenvalue weighted by atomic mass is 10.2. The zero-order chi connectivity index (χ0) is 15.1. The first-order valence-electron chi connectivity index (χ1n) is 6.19. The third-order valence-corrected chi connectivity index (χ3v) is 3.63. The second-order valence-electron chi connectivity index (χ2n) is 4.53. The number of nitro groups is 1. The van der Waals surface area contributed by atoms with Crippen molar-refractivity contribution in [1.82, 2.24) is 9.88 Å². The third-order valence-electron chi connectivity index (χ3n) is 2.66. The average molecular weight is 347 g/mol. The minimum absolute atomic E-state index is 0.00431. The summed E-state index contributed by atoms with van der Waals surface area (Å²) < 4.78 is 6.05. The molecule has 0 spiro atoms. The van der Waals surface area contributed by atoms with Gasteiger partial charge in [-0.2, -0.15) is 0 Å². The fourth-order valence-corrected chi connectivity index (χ4v) is 1.91. The van der Waals surface area contributed by atoms with Gasteiger partial charge in [0.25, 0.3) is 5.69 Å². The number of anilines is 1. The number of halogens is 1. The molecule has 0 aliphatic rings. The van der Waals surface area contributed by atoms with E-state index in [1.54, 1.807) is 6.92 Å². The molecule has 1 heterocycles. The number of pyridine rings is 1. The first-order valence-corrected chi connectivity index (χ1v) is 6.98. The van der Waals surface area contributed by atoms with Crippen molar-refractivity contribution in [2.24, 2.45) is 0 Å². The standard InChI is InChI=1S/C12H19BrN4O3/c1-9-10(17(18)19)8-15-12(11(9)13)14-4-6-20-7-5-16(2)3/h8H,4-7H2,1-3H3,(H,14,15). The Morgan fingerprint density at radius 3 is 2.80 bits per heavy atom. The number of ether oxygens (including phenoxy) is 1. The van der Waals surface area contributed by atoms with Gasteiger partial charge in [-0.05, 0) is 36.9 Å². The molecule has 0 aliphatic heterocycles. The number of rotatable bonds is 8. The molecule has 112 valence electrons. The van der Waals surface area contributed by atoms with Gasteiger partial charge in [0.2, 0.25) is 0 Å². The molecule has 0 bridgehead atoms. The number of likely N-dealkylation sites (N-methyl/N-ethyl adjacent to an activating group) is 1. The van der Waals surface area contributed by atoms with Crippen LogP contribution in [-0.4, -0.2) is 55.2 Å². The molecule has 1 N–H and O–H groups in total. The second kappa shape index (κ2) is 8.13. The van der Waals surface area contributed by atoms with Gasteiger partial charge in [0.15, 0.2) is 0 Å². The van der Waals surface area contributed by atoms with Crippen molar-refractivity contribution in [2.75, 3.05) is 45.7 Å². The minimum atomic E-state index is -0.443. The van der Waals surface area contributed by atoms with Gasteiger partial charge in [-0.1, -0.05) is 0 Å². The SMILES string of the molecule is Cc1c([N+](=O)[O-])cnc(NCCOCCN(C)C)c1Br. The van der Waals surface area contributed by atoms with Gasteiger partial charge in [0.05, 0.1) is 22.6 Å². The summed E-state index contributed by atoms with van der Waals surface area (Å²) in [6.45, 7) is 4.37. The Bertz CT molecular complexity index is 468. The summed E-state index contributed by atoms with van der Waals surface area (Å²) in [5.74, 6) is 0.587. The maximum absolute atomic E-state index is 10.8. The van der Waals surface area contributed by atoms with Gasteiger partial charge in [-0.25, -0.2) is 4.98 Å². The Morgan fingerprint density at radius 2 is 2.20 bits per heavy atom. The molecule has 1 rings (SSSR count). The second-order valence-corrected chi connectivity index (χ2v) is 5.32. The van der Waals surface area contributed by atoms with Crippen LogP contribution in [0.25, 0.3) is 0 Å². The maximum Gasteiger partial charge on any atom is 0.291 e. The monoisotopic (exact) mass is 346 g/mol. The van der Waals surface area contributed by atoms with Crippen LogP contribution in [0.1, 0.15) is 5.56 Å². The van der Waals surface area contributed by atoms with Gasteiger partial charge in [-0.15, -0.1) is 0 Å². The molecule has 8 heteroatoms. The average Bonchev–Trinajstić information content (AvgIpc) is 2.37. The van der Waals surface area contributed by atoms with Crippen molar-refractivity contribution in [3.05, 3.63) is 26.3 Å². The summed E-state index contributed by atoms with van der Waals surface area (Å²) in [5, 5.41) is 13.9. The van der Waals surface area contributed by atoms with Crippen LogP contribution in [0.2, 0.25) is 0 Å². The zero-order valence-electron chi connectivity index (χ0n) is 11.9. The lowest BCUT2D eigenvalue weighted by Crippen LogP contribution is -2.20. The smallest absolute Gasteiger partial charge is 0.291 e. The van der Waals surface area contributed by atoms with Crippen LogP contribution in [-0.2, 0) is 4.74 Å². The van der Waals surface area contributed by atoms with Crippen molar-refractivity contribution in [3.63, 3.8) is 0 Å². The zero-order valence-corrected chi connectivity index (χ0v) is 13.4. The fourth-order valence-electron chi connectivity index (χ4n) is 1.47. The van der Waals surface area contributed by atoms with E-state index in [-0.39, 0.29) is 5.69 Å². The molecular weight excluding hydrogens is 328 g/mol. The molecule has 0 unspecified atom stereocenters. The molecular formula is C12H19BrN4O3. The molecule has 0 atom stereocenters. The molecule has 0 amide bonds. The number of hydrogen-bond donors (Lipinski definition) is 1. The van der Waals surface area contributed by atoms with Gasteiger partial charge >= 0.3 is 0 Å². The highest BCUT2D eigenvalue weighted by Crippen LogP contribution is 2.30. The van der Waals surface area contributed by atoms with E-state index in [0.717, 1.165) is 6.54 Å². The molecule has 7 nitrogen and oxygen atoms in total. The molecule has 0 fully saturated rings. The molecule has 0 aromatic carbocycles. The first kappa shape index (κ1) is 16.8. The van der Waals surface area contributed by atoms with Crippen molar-refractivity contribution >= 4 is 27.4 Å². The molecule has 0 aliphatic carbocycles. The molecule has 0 saturated heterocycles. The Hall–Kier alpha value is -1.25. The highest BCUT2D eigenvalue weighted by atomic mass is 79.9. The molecule has 0 radical (unpaired) electrons. The fraction of sp³-hybridized carbons (Fsp3) is 0.583. The van der Waals surface area contributed by atoms with E-state index in [9.17, 15) is 10.1 Å². The van der Waals surface area contributed by atoms with Crippen molar-refractivity contribution in [1.29, 1.82) is 0 Å². The summed E-state index contributed by atoms with van der Waals surface area (Å²) >= 11 is 3.32. The highest BCUT2D eigenvalue weighted by molar-refractivity contribution is 9.10. The highest BCUT2D eigenvalue weighted by Gasteiger charge is 2.16. The summed E-state index contributed by atoms with van der Waals surface area (Å²) in [5.41, 5.74) is 0.561. The minimum Gasteiger partial charge on any atom is -0.378 e. The number of nitrogens with zero attached hydrogens (tertiary/aromatic N) is 3. The van der Waals surface area contributed by atoms with Crippen molar-refractivity contribution in [2.45, 2.75) is 6.92 Å². The third kappa shape index (κ3) is 5.03. The van der Waals surface area contributed by atoms with Crippen LogP contribution in [0.5, 0.6) is 0 Å². The Morgan fingerprint density at radius 1 is 1.50 bits per heavy atom. The van der Waals surface area contributed by atoms with E-state index < -0.39 is 4.92 Å². The van der Waals surface area contributed by atoms with E-state index in [1.807, 2.05) is 19.0 Å².